The van der Waals surface area contributed by atoms with Crippen LogP contribution in [0.15, 0.2) is 42.5 Å². The molecule has 4 nitrogen and oxygen atoms in total. The molecule has 1 aromatic heterocycles. The second-order valence-corrected chi connectivity index (χ2v) is 5.81. The number of carboxylic acids is 1. The van der Waals surface area contributed by atoms with Crippen LogP contribution in [-0.2, 0) is 11.4 Å². The van der Waals surface area contributed by atoms with E-state index in [4.69, 9.17) is 5.90 Å². The molecule has 112 valence electrons. The minimum atomic E-state index is -1.02. The largest absolute Gasteiger partial charge is 0.478 e. The number of nitrogens with two attached hydrogens (primary N) is 1. The lowest BCUT2D eigenvalue weighted by atomic mass is 10.0. The number of hydrogen-bond donors (Lipinski definition) is 2. The lowest BCUT2D eigenvalue weighted by Gasteiger charge is -2.02. The lowest BCUT2D eigenvalue weighted by Crippen LogP contribution is -2.00. The molecule has 0 radical (unpaired) electrons. The first-order valence-corrected chi connectivity index (χ1v) is 7.28. The van der Waals surface area contributed by atoms with Crippen LogP contribution in [0.5, 0.6) is 0 Å². The summed E-state index contributed by atoms with van der Waals surface area (Å²) in [7, 11) is 0. The van der Waals surface area contributed by atoms with E-state index < -0.39 is 5.97 Å². The van der Waals surface area contributed by atoms with Gasteiger partial charge in [0.2, 0.25) is 0 Å². The number of benzene rings is 2. The molecule has 0 aliphatic rings. The number of thiophene rings is 1. The first kappa shape index (κ1) is 14.6. The summed E-state index contributed by atoms with van der Waals surface area (Å²) in [6, 6.07) is 11.2. The fraction of sp³-hybridized carbons (Fsp3) is 0.0625. The number of fused-ring (bicyclic) bond motifs is 1. The quantitative estimate of drug-likeness (QED) is 0.718. The van der Waals surface area contributed by atoms with Crippen molar-refractivity contribution in [2.45, 2.75) is 6.61 Å². The molecule has 0 atom stereocenters. The topological polar surface area (TPSA) is 72.5 Å². The Morgan fingerprint density at radius 2 is 1.95 bits per heavy atom. The maximum absolute atomic E-state index is 13.1. The highest BCUT2D eigenvalue weighted by molar-refractivity contribution is 7.22. The number of carboxylic acid groups (broad SMARTS) is 1. The Kier molecular flexibility index (Phi) is 3.89. The summed E-state index contributed by atoms with van der Waals surface area (Å²) in [6.45, 7) is 0.205. The molecule has 6 heteroatoms. The minimum Gasteiger partial charge on any atom is -0.478 e. The van der Waals surface area contributed by atoms with Crippen molar-refractivity contribution in [3.63, 3.8) is 0 Å². The van der Waals surface area contributed by atoms with Gasteiger partial charge in [-0.2, -0.15) is 0 Å². The molecule has 3 rings (SSSR count). The third-order valence-electron chi connectivity index (χ3n) is 3.32. The standard InChI is InChI=1S/C16H12FNO3S/c17-11-4-2-10(3-5-11)15-14(16(19)20)12-7-9(8-21-18)1-6-13(12)22-15/h1-7H,8,18H2,(H,19,20). The highest BCUT2D eigenvalue weighted by Gasteiger charge is 2.19. The third-order valence-corrected chi connectivity index (χ3v) is 4.54. The smallest absolute Gasteiger partial charge is 0.337 e. The monoisotopic (exact) mass is 317 g/mol. The Bertz CT molecular complexity index is 842. The zero-order chi connectivity index (χ0) is 15.7. The fourth-order valence-corrected chi connectivity index (χ4v) is 3.53. The Hall–Kier alpha value is -2.28. The van der Waals surface area contributed by atoms with Gasteiger partial charge in [0, 0.05) is 10.1 Å². The highest BCUT2D eigenvalue weighted by Crippen LogP contribution is 2.39. The van der Waals surface area contributed by atoms with Crippen molar-refractivity contribution in [3.05, 3.63) is 59.4 Å². The molecule has 0 spiro atoms. The SMILES string of the molecule is NOCc1ccc2sc(-c3ccc(F)cc3)c(C(=O)O)c2c1. The normalized spacial score (nSPS) is 11.0. The Morgan fingerprint density at radius 3 is 2.59 bits per heavy atom. The third kappa shape index (κ3) is 2.59. The van der Waals surface area contributed by atoms with Crippen LogP contribution in [0.4, 0.5) is 4.39 Å². The number of hydrogen-bond acceptors (Lipinski definition) is 4. The lowest BCUT2D eigenvalue weighted by molar-refractivity contribution is 0.0700. The van der Waals surface area contributed by atoms with E-state index in [1.165, 1.54) is 23.5 Å². The van der Waals surface area contributed by atoms with Gasteiger partial charge in [-0.1, -0.05) is 18.2 Å². The zero-order valence-electron chi connectivity index (χ0n) is 11.4. The zero-order valence-corrected chi connectivity index (χ0v) is 12.2. The molecule has 0 saturated heterocycles. The van der Waals surface area contributed by atoms with Gasteiger partial charge >= 0.3 is 5.97 Å². The highest BCUT2D eigenvalue weighted by atomic mass is 32.1. The average molecular weight is 317 g/mol. The van der Waals surface area contributed by atoms with Crippen molar-refractivity contribution in [3.8, 4) is 10.4 Å². The van der Waals surface area contributed by atoms with Crippen molar-refractivity contribution >= 4 is 27.4 Å². The molecule has 0 unspecified atom stereocenters. The van der Waals surface area contributed by atoms with E-state index in [0.29, 0.717) is 15.8 Å². The van der Waals surface area contributed by atoms with Crippen molar-refractivity contribution < 1.29 is 19.1 Å². The maximum Gasteiger partial charge on any atom is 0.337 e. The molecule has 3 N–H and O–H groups in total. The average Bonchev–Trinajstić information content (AvgIpc) is 2.87. The molecule has 2 aromatic carbocycles. The Balaban J connectivity index is 2.23. The van der Waals surface area contributed by atoms with Crippen LogP contribution in [-0.4, -0.2) is 11.1 Å². The molecule has 0 amide bonds. The maximum atomic E-state index is 13.1. The second kappa shape index (κ2) is 5.84. The summed E-state index contributed by atoms with van der Waals surface area (Å²) in [5.74, 6) is 3.69. The molecule has 3 aromatic rings. The van der Waals surface area contributed by atoms with E-state index in [-0.39, 0.29) is 18.0 Å². The van der Waals surface area contributed by atoms with Gasteiger partial charge in [0.15, 0.2) is 0 Å². The minimum absolute atomic E-state index is 0.205. The van der Waals surface area contributed by atoms with E-state index in [1.54, 1.807) is 18.2 Å². The number of rotatable bonds is 4. The van der Waals surface area contributed by atoms with Crippen molar-refractivity contribution in [1.82, 2.24) is 0 Å². The van der Waals surface area contributed by atoms with E-state index in [0.717, 1.165) is 10.3 Å². The van der Waals surface area contributed by atoms with Gasteiger partial charge in [0.1, 0.15) is 5.82 Å². The predicted octanol–water partition coefficient (Wildman–Crippen LogP) is 3.80. The van der Waals surface area contributed by atoms with Gasteiger partial charge in [0.05, 0.1) is 17.0 Å². The van der Waals surface area contributed by atoms with Crippen LogP contribution < -0.4 is 5.90 Å². The number of halogens is 1. The summed E-state index contributed by atoms with van der Waals surface area (Å²) in [5, 5.41) is 10.2. The summed E-state index contributed by atoms with van der Waals surface area (Å²) >= 11 is 1.36. The summed E-state index contributed by atoms with van der Waals surface area (Å²) in [4.78, 5) is 16.9. The number of aromatic carboxylic acids is 1. The van der Waals surface area contributed by atoms with Gasteiger partial charge in [-0.15, -0.1) is 11.3 Å². The Morgan fingerprint density at radius 1 is 1.23 bits per heavy atom. The fourth-order valence-electron chi connectivity index (χ4n) is 2.35. The molecule has 0 fully saturated rings. The van der Waals surface area contributed by atoms with Crippen LogP contribution in [0.3, 0.4) is 0 Å². The van der Waals surface area contributed by atoms with Crippen molar-refractivity contribution in [1.29, 1.82) is 0 Å². The van der Waals surface area contributed by atoms with Crippen LogP contribution >= 0.6 is 11.3 Å². The molecule has 0 aliphatic carbocycles. The van der Waals surface area contributed by atoms with Crippen LogP contribution in [0.25, 0.3) is 20.5 Å². The van der Waals surface area contributed by atoms with Crippen LogP contribution in [0.2, 0.25) is 0 Å². The summed E-state index contributed by atoms with van der Waals surface area (Å²) in [5.41, 5.74) is 1.68. The van der Waals surface area contributed by atoms with Gasteiger partial charge in [-0.3, -0.25) is 4.84 Å². The van der Waals surface area contributed by atoms with Gasteiger partial charge < -0.3 is 5.11 Å². The van der Waals surface area contributed by atoms with E-state index >= 15 is 0 Å². The molecule has 0 saturated carbocycles. The molecule has 0 aliphatic heterocycles. The van der Waals surface area contributed by atoms with Gasteiger partial charge in [0.25, 0.3) is 0 Å². The van der Waals surface area contributed by atoms with Crippen molar-refractivity contribution in [2.75, 3.05) is 0 Å². The van der Waals surface area contributed by atoms with Gasteiger partial charge in [-0.05, 0) is 35.4 Å². The van der Waals surface area contributed by atoms with Crippen LogP contribution in [0, 0.1) is 5.82 Å². The first-order chi connectivity index (χ1) is 10.6. The Labute approximate surface area is 129 Å². The molecular weight excluding hydrogens is 305 g/mol. The predicted molar refractivity (Wildman–Crippen MR) is 83.2 cm³/mol. The summed E-state index contributed by atoms with van der Waals surface area (Å²) in [6.07, 6.45) is 0. The summed E-state index contributed by atoms with van der Waals surface area (Å²) < 4.78 is 13.9. The van der Waals surface area contributed by atoms with Crippen LogP contribution in [0.1, 0.15) is 15.9 Å². The molecule has 22 heavy (non-hydrogen) atoms. The molecular formula is C16H12FNO3S. The molecule has 0 bridgehead atoms. The van der Waals surface area contributed by atoms with Crippen molar-refractivity contribution in [2.24, 2.45) is 5.90 Å². The first-order valence-electron chi connectivity index (χ1n) is 6.46. The van der Waals surface area contributed by atoms with E-state index in [1.807, 2.05) is 12.1 Å². The number of carbonyl (C=O) groups is 1. The molecule has 1 heterocycles. The van der Waals surface area contributed by atoms with Gasteiger partial charge in [-0.25, -0.2) is 15.1 Å². The second-order valence-electron chi connectivity index (χ2n) is 4.76. The van der Waals surface area contributed by atoms with E-state index in [2.05, 4.69) is 4.84 Å². The van der Waals surface area contributed by atoms with E-state index in [9.17, 15) is 14.3 Å².